The van der Waals surface area contributed by atoms with Crippen LogP contribution in [-0.4, -0.2) is 5.11 Å². The lowest BCUT2D eigenvalue weighted by Crippen LogP contribution is -1.98. The minimum Gasteiger partial charge on any atom is -0.399 e. The number of thiophene rings is 1. The van der Waals surface area contributed by atoms with Gasteiger partial charge in [0.05, 0.1) is 9.90 Å². The zero-order valence-electron chi connectivity index (χ0n) is 7.85. The van der Waals surface area contributed by atoms with Gasteiger partial charge in [-0.15, -0.1) is 11.3 Å². The average molecular weight is 240 g/mol. The van der Waals surface area contributed by atoms with E-state index in [1.807, 2.05) is 17.5 Å². The highest BCUT2D eigenvalue weighted by atomic mass is 35.5. The highest BCUT2D eigenvalue weighted by Crippen LogP contribution is 2.33. The van der Waals surface area contributed by atoms with Gasteiger partial charge in [0.2, 0.25) is 0 Å². The molecule has 1 aromatic heterocycles. The molecule has 0 spiro atoms. The molecule has 1 aromatic carbocycles. The van der Waals surface area contributed by atoms with E-state index in [1.165, 1.54) is 11.3 Å². The molecule has 3 N–H and O–H groups in total. The minimum atomic E-state index is -0.694. The molecule has 0 saturated heterocycles. The molecule has 4 heteroatoms. The lowest BCUT2D eigenvalue weighted by molar-refractivity contribution is 0.224. The van der Waals surface area contributed by atoms with Crippen LogP contribution in [0.3, 0.4) is 0 Å². The summed E-state index contributed by atoms with van der Waals surface area (Å²) in [6.45, 7) is 0. The number of hydrogen-bond donors (Lipinski definition) is 2. The highest BCUT2D eigenvalue weighted by Gasteiger charge is 2.15. The van der Waals surface area contributed by atoms with E-state index in [9.17, 15) is 5.11 Å². The van der Waals surface area contributed by atoms with Gasteiger partial charge in [-0.1, -0.05) is 23.7 Å². The summed E-state index contributed by atoms with van der Waals surface area (Å²) in [7, 11) is 0. The van der Waals surface area contributed by atoms with Crippen LogP contribution in [0.1, 0.15) is 16.5 Å². The second kappa shape index (κ2) is 4.23. The van der Waals surface area contributed by atoms with Gasteiger partial charge in [0.25, 0.3) is 0 Å². The Morgan fingerprint density at radius 2 is 2.13 bits per heavy atom. The summed E-state index contributed by atoms with van der Waals surface area (Å²) in [5.74, 6) is 0. The maximum atomic E-state index is 10.1. The fourth-order valence-corrected chi connectivity index (χ4v) is 2.55. The molecule has 0 saturated carbocycles. The number of aliphatic hydroxyl groups excluding tert-OH is 1. The number of rotatable bonds is 2. The molecule has 1 heterocycles. The number of halogens is 1. The van der Waals surface area contributed by atoms with Crippen molar-refractivity contribution in [1.29, 1.82) is 0 Å². The SMILES string of the molecule is Nc1cccc(C(O)c2sccc2Cl)c1. The molecule has 0 fully saturated rings. The minimum absolute atomic E-state index is 0.593. The summed E-state index contributed by atoms with van der Waals surface area (Å²) >= 11 is 7.38. The van der Waals surface area contributed by atoms with Gasteiger partial charge < -0.3 is 10.8 Å². The zero-order chi connectivity index (χ0) is 10.8. The number of nitrogen functional groups attached to an aromatic ring is 1. The van der Waals surface area contributed by atoms with Gasteiger partial charge in [0, 0.05) is 5.69 Å². The van der Waals surface area contributed by atoms with Gasteiger partial charge in [-0.25, -0.2) is 0 Å². The largest absolute Gasteiger partial charge is 0.399 e. The van der Waals surface area contributed by atoms with Crippen LogP contribution in [0.4, 0.5) is 5.69 Å². The van der Waals surface area contributed by atoms with E-state index >= 15 is 0 Å². The van der Waals surface area contributed by atoms with Crippen molar-refractivity contribution in [3.63, 3.8) is 0 Å². The van der Waals surface area contributed by atoms with Crippen molar-refractivity contribution in [2.75, 3.05) is 5.73 Å². The molecule has 0 aliphatic rings. The molecule has 2 aromatic rings. The van der Waals surface area contributed by atoms with Crippen molar-refractivity contribution in [3.8, 4) is 0 Å². The molecule has 2 rings (SSSR count). The summed E-state index contributed by atoms with van der Waals surface area (Å²) in [5.41, 5.74) is 7.05. The lowest BCUT2D eigenvalue weighted by atomic mass is 10.1. The highest BCUT2D eigenvalue weighted by molar-refractivity contribution is 7.10. The fraction of sp³-hybridized carbons (Fsp3) is 0.0909. The van der Waals surface area contributed by atoms with Crippen LogP contribution in [0.5, 0.6) is 0 Å². The first-order valence-electron chi connectivity index (χ1n) is 4.45. The second-order valence-corrected chi connectivity index (χ2v) is 4.56. The van der Waals surface area contributed by atoms with E-state index in [2.05, 4.69) is 0 Å². The summed E-state index contributed by atoms with van der Waals surface area (Å²) in [6, 6.07) is 8.95. The van der Waals surface area contributed by atoms with Crippen LogP contribution < -0.4 is 5.73 Å². The smallest absolute Gasteiger partial charge is 0.115 e. The molecular weight excluding hydrogens is 230 g/mol. The van der Waals surface area contributed by atoms with Crippen molar-refractivity contribution in [2.24, 2.45) is 0 Å². The van der Waals surface area contributed by atoms with Crippen LogP contribution in [0.2, 0.25) is 5.02 Å². The Hall–Kier alpha value is -1.03. The monoisotopic (exact) mass is 239 g/mol. The first kappa shape index (κ1) is 10.5. The van der Waals surface area contributed by atoms with Crippen LogP contribution in [0, 0.1) is 0 Å². The Balaban J connectivity index is 2.36. The predicted molar refractivity (Wildman–Crippen MR) is 64.2 cm³/mol. The van der Waals surface area contributed by atoms with E-state index in [1.54, 1.807) is 18.2 Å². The molecule has 1 atom stereocenters. The number of anilines is 1. The van der Waals surface area contributed by atoms with Gasteiger partial charge in [-0.2, -0.15) is 0 Å². The number of hydrogen-bond acceptors (Lipinski definition) is 3. The molecule has 15 heavy (non-hydrogen) atoms. The maximum absolute atomic E-state index is 10.1. The van der Waals surface area contributed by atoms with Gasteiger partial charge in [0.1, 0.15) is 6.10 Å². The Kier molecular flexibility index (Phi) is 2.95. The zero-order valence-corrected chi connectivity index (χ0v) is 9.42. The van der Waals surface area contributed by atoms with E-state index < -0.39 is 6.10 Å². The molecular formula is C11H10ClNOS. The molecule has 78 valence electrons. The summed E-state index contributed by atoms with van der Waals surface area (Å²) in [5, 5.41) is 12.5. The van der Waals surface area contributed by atoms with Gasteiger partial charge in [0.15, 0.2) is 0 Å². The fourth-order valence-electron chi connectivity index (χ4n) is 1.38. The van der Waals surface area contributed by atoms with E-state index in [4.69, 9.17) is 17.3 Å². The third-order valence-electron chi connectivity index (χ3n) is 2.12. The quantitative estimate of drug-likeness (QED) is 0.792. The second-order valence-electron chi connectivity index (χ2n) is 3.21. The Labute approximate surface area is 96.9 Å². The molecule has 0 radical (unpaired) electrons. The summed E-state index contributed by atoms with van der Waals surface area (Å²) < 4.78 is 0. The van der Waals surface area contributed by atoms with Crippen LogP contribution >= 0.6 is 22.9 Å². The molecule has 0 aliphatic heterocycles. The summed E-state index contributed by atoms with van der Waals surface area (Å²) in [4.78, 5) is 0.752. The van der Waals surface area contributed by atoms with E-state index in [0.29, 0.717) is 10.7 Å². The predicted octanol–water partition coefficient (Wildman–Crippen LogP) is 3.07. The molecule has 2 nitrogen and oxygen atoms in total. The van der Waals surface area contributed by atoms with Crippen molar-refractivity contribution in [1.82, 2.24) is 0 Å². The first-order chi connectivity index (χ1) is 7.18. The normalized spacial score (nSPS) is 12.7. The van der Waals surface area contributed by atoms with Crippen molar-refractivity contribution >= 4 is 28.6 Å². The van der Waals surface area contributed by atoms with Crippen molar-refractivity contribution in [3.05, 3.63) is 51.2 Å². The van der Waals surface area contributed by atoms with Crippen LogP contribution in [0.25, 0.3) is 0 Å². The molecule has 1 unspecified atom stereocenters. The lowest BCUT2D eigenvalue weighted by Gasteiger charge is -2.10. The van der Waals surface area contributed by atoms with Gasteiger partial charge in [-0.3, -0.25) is 0 Å². The molecule has 0 amide bonds. The Morgan fingerprint density at radius 1 is 1.33 bits per heavy atom. The maximum Gasteiger partial charge on any atom is 0.115 e. The van der Waals surface area contributed by atoms with Gasteiger partial charge in [-0.05, 0) is 29.1 Å². The standard InChI is InChI=1S/C11H10ClNOS/c12-9-4-5-15-11(9)10(14)7-2-1-3-8(13)6-7/h1-6,10,14H,13H2. The number of benzene rings is 1. The topological polar surface area (TPSA) is 46.2 Å². The van der Waals surface area contributed by atoms with Crippen LogP contribution in [-0.2, 0) is 0 Å². The van der Waals surface area contributed by atoms with Crippen LogP contribution in [0.15, 0.2) is 35.7 Å². The van der Waals surface area contributed by atoms with Crippen molar-refractivity contribution < 1.29 is 5.11 Å². The van der Waals surface area contributed by atoms with Gasteiger partial charge >= 0.3 is 0 Å². The summed E-state index contributed by atoms with van der Waals surface area (Å²) in [6.07, 6.45) is -0.694. The Bertz CT molecular complexity index is 469. The number of aliphatic hydroxyl groups is 1. The third-order valence-corrected chi connectivity index (χ3v) is 3.53. The number of nitrogens with two attached hydrogens (primary N) is 1. The van der Waals surface area contributed by atoms with E-state index in [-0.39, 0.29) is 0 Å². The first-order valence-corrected chi connectivity index (χ1v) is 5.70. The Morgan fingerprint density at radius 3 is 2.73 bits per heavy atom. The molecule has 0 bridgehead atoms. The van der Waals surface area contributed by atoms with Crippen molar-refractivity contribution in [2.45, 2.75) is 6.10 Å². The third kappa shape index (κ3) is 2.15. The molecule has 0 aliphatic carbocycles. The average Bonchev–Trinajstić information content (AvgIpc) is 2.63. The van der Waals surface area contributed by atoms with E-state index in [0.717, 1.165) is 10.4 Å².